The lowest BCUT2D eigenvalue weighted by Crippen LogP contribution is -2.52. The molecule has 4 aromatic rings. The van der Waals surface area contributed by atoms with Crippen molar-refractivity contribution in [3.8, 4) is 11.5 Å². The molecule has 0 bridgehead atoms. The van der Waals surface area contributed by atoms with Crippen LogP contribution < -0.4 is 14.8 Å². The van der Waals surface area contributed by atoms with Crippen molar-refractivity contribution >= 4 is 15.9 Å². The van der Waals surface area contributed by atoms with Gasteiger partial charge in [-0.05, 0) is 41.0 Å². The molecule has 7 nitrogen and oxygen atoms in total. The molecule has 2 aromatic carbocycles. The summed E-state index contributed by atoms with van der Waals surface area (Å²) in [6.07, 6.45) is 6.79. The minimum Gasteiger partial charge on any atom is -0.495 e. The lowest BCUT2D eigenvalue weighted by atomic mass is 9.70. The van der Waals surface area contributed by atoms with Crippen LogP contribution in [0.3, 0.4) is 0 Å². The molecule has 2 aliphatic rings. The summed E-state index contributed by atoms with van der Waals surface area (Å²) in [5.74, 6) is -0.206. The highest BCUT2D eigenvalue weighted by Crippen LogP contribution is 2.71. The van der Waals surface area contributed by atoms with Gasteiger partial charge in [0, 0.05) is 54.3 Å². The average Bonchev–Trinajstić information content (AvgIpc) is 3.36. The normalized spacial score (nSPS) is 27.0. The van der Waals surface area contributed by atoms with Gasteiger partial charge in [0.2, 0.25) is 0 Å². The minimum atomic E-state index is -1.55. The first-order valence-corrected chi connectivity index (χ1v) is 13.8. The average molecular weight is 589 g/mol. The maximum absolute atomic E-state index is 13.3. The van der Waals surface area contributed by atoms with Crippen molar-refractivity contribution in [3.05, 3.63) is 118 Å². The van der Waals surface area contributed by atoms with Gasteiger partial charge in [-0.1, -0.05) is 58.4 Å². The third-order valence-electron chi connectivity index (χ3n) is 8.32. The lowest BCUT2D eigenvalue weighted by Gasteiger charge is -2.42. The fraction of sp³-hybridized carbons (Fsp3) is 0.290. The number of rotatable bonds is 8. The summed E-state index contributed by atoms with van der Waals surface area (Å²) in [5.41, 5.74) is 0.646. The molecule has 3 heterocycles. The summed E-state index contributed by atoms with van der Waals surface area (Å²) >= 11 is 3.55. The summed E-state index contributed by atoms with van der Waals surface area (Å²) in [6.45, 7) is 0.892. The molecule has 1 aliphatic carbocycles. The Bertz CT molecular complexity index is 1440. The number of halogens is 1. The number of fused-ring (bicyclic) bond motifs is 3. The standard InChI is InChI=1S/C31H30BrN3O4/c1-38-26-17-35-18-27-29(26)30(37)25(16-34-15-20-11-13-33-14-12-20)24(19-36)28(21-5-3-2-4-6-21)31(30,39-27)22-7-9-23(32)10-8-22/h2-14,17-18,24-25,28,34,36-37H,15-16,19H2,1H3/t24-,25-,28+,30+,31-/m0/s1. The Labute approximate surface area is 236 Å². The van der Waals surface area contributed by atoms with Gasteiger partial charge in [-0.2, -0.15) is 0 Å². The summed E-state index contributed by atoms with van der Waals surface area (Å²) < 4.78 is 13.6. The number of hydrogen-bond donors (Lipinski definition) is 3. The Morgan fingerprint density at radius 3 is 2.44 bits per heavy atom. The van der Waals surface area contributed by atoms with E-state index < -0.39 is 17.1 Å². The molecule has 0 radical (unpaired) electrons. The number of aromatic nitrogens is 2. The number of aliphatic hydroxyl groups is 2. The van der Waals surface area contributed by atoms with Crippen molar-refractivity contribution in [3.63, 3.8) is 0 Å². The number of aliphatic hydroxyl groups excluding tert-OH is 1. The zero-order valence-electron chi connectivity index (χ0n) is 21.5. The Balaban J connectivity index is 1.57. The predicted molar refractivity (Wildman–Crippen MR) is 150 cm³/mol. The number of benzene rings is 2. The van der Waals surface area contributed by atoms with Crippen LogP contribution in [0.2, 0.25) is 0 Å². The van der Waals surface area contributed by atoms with E-state index in [1.807, 2.05) is 66.7 Å². The highest BCUT2D eigenvalue weighted by atomic mass is 79.9. The van der Waals surface area contributed by atoms with E-state index in [1.54, 1.807) is 31.9 Å². The molecule has 8 heteroatoms. The van der Waals surface area contributed by atoms with Gasteiger partial charge >= 0.3 is 0 Å². The molecule has 6 rings (SSSR count). The van der Waals surface area contributed by atoms with E-state index in [0.29, 0.717) is 30.2 Å². The Morgan fingerprint density at radius 2 is 1.74 bits per heavy atom. The summed E-state index contributed by atoms with van der Waals surface area (Å²) in [5, 5.41) is 27.8. The van der Waals surface area contributed by atoms with E-state index in [0.717, 1.165) is 21.2 Å². The van der Waals surface area contributed by atoms with E-state index >= 15 is 0 Å². The molecule has 3 N–H and O–H groups in total. The van der Waals surface area contributed by atoms with Crippen LogP contribution in [0.25, 0.3) is 0 Å². The third kappa shape index (κ3) is 3.97. The van der Waals surface area contributed by atoms with Crippen molar-refractivity contribution in [1.82, 2.24) is 15.3 Å². The molecule has 0 amide bonds. The highest BCUT2D eigenvalue weighted by molar-refractivity contribution is 9.10. The third-order valence-corrected chi connectivity index (χ3v) is 8.85. The number of nitrogens with one attached hydrogen (secondary N) is 1. The van der Waals surface area contributed by atoms with Gasteiger partial charge in [0.25, 0.3) is 0 Å². The van der Waals surface area contributed by atoms with Crippen molar-refractivity contribution in [2.24, 2.45) is 11.8 Å². The molecule has 1 fully saturated rings. The monoisotopic (exact) mass is 587 g/mol. The van der Waals surface area contributed by atoms with E-state index in [1.165, 1.54) is 0 Å². The van der Waals surface area contributed by atoms with Gasteiger partial charge < -0.3 is 25.0 Å². The minimum absolute atomic E-state index is 0.131. The number of hydrogen-bond acceptors (Lipinski definition) is 7. The van der Waals surface area contributed by atoms with E-state index in [-0.39, 0.29) is 18.4 Å². The van der Waals surface area contributed by atoms with Crippen molar-refractivity contribution in [2.75, 3.05) is 20.3 Å². The van der Waals surface area contributed by atoms with Crippen LogP contribution in [0.1, 0.15) is 28.2 Å². The van der Waals surface area contributed by atoms with Crippen LogP contribution in [0.5, 0.6) is 11.5 Å². The molecule has 2 aromatic heterocycles. The van der Waals surface area contributed by atoms with Crippen LogP contribution in [0, 0.1) is 11.8 Å². The topological polar surface area (TPSA) is 96.7 Å². The fourth-order valence-electron chi connectivity index (χ4n) is 6.78. The van der Waals surface area contributed by atoms with Crippen molar-refractivity contribution < 1.29 is 19.7 Å². The zero-order valence-corrected chi connectivity index (χ0v) is 23.1. The van der Waals surface area contributed by atoms with Gasteiger partial charge in [0.05, 0.1) is 25.1 Å². The maximum atomic E-state index is 13.3. The molecule has 0 unspecified atom stereocenters. The van der Waals surface area contributed by atoms with Crippen LogP contribution in [0.15, 0.2) is 96.0 Å². The highest BCUT2D eigenvalue weighted by Gasteiger charge is 2.76. The number of nitrogens with zero attached hydrogens (tertiary/aromatic N) is 2. The molecule has 0 saturated heterocycles. The first-order valence-electron chi connectivity index (χ1n) is 13.0. The maximum Gasteiger partial charge on any atom is 0.174 e. The number of methoxy groups -OCH3 is 1. The summed E-state index contributed by atoms with van der Waals surface area (Å²) in [4.78, 5) is 8.46. The molecule has 200 valence electrons. The van der Waals surface area contributed by atoms with Crippen LogP contribution in [-0.2, 0) is 17.7 Å². The fourth-order valence-corrected chi connectivity index (χ4v) is 7.04. The van der Waals surface area contributed by atoms with Gasteiger partial charge in [0.15, 0.2) is 5.60 Å². The smallest absolute Gasteiger partial charge is 0.174 e. The van der Waals surface area contributed by atoms with E-state index in [4.69, 9.17) is 9.47 Å². The molecular weight excluding hydrogens is 558 g/mol. The Kier molecular flexibility index (Phi) is 6.89. The largest absolute Gasteiger partial charge is 0.495 e. The number of pyridine rings is 2. The summed E-state index contributed by atoms with van der Waals surface area (Å²) in [7, 11) is 1.57. The van der Waals surface area contributed by atoms with E-state index in [9.17, 15) is 10.2 Å². The van der Waals surface area contributed by atoms with Crippen LogP contribution in [0.4, 0.5) is 0 Å². The zero-order chi connectivity index (χ0) is 27.0. The molecule has 5 atom stereocenters. The second-order valence-electron chi connectivity index (χ2n) is 10.2. The van der Waals surface area contributed by atoms with Gasteiger partial charge in [-0.3, -0.25) is 9.97 Å². The van der Waals surface area contributed by atoms with Crippen LogP contribution in [-0.4, -0.2) is 40.4 Å². The Morgan fingerprint density at radius 1 is 1.00 bits per heavy atom. The molecule has 1 saturated carbocycles. The first kappa shape index (κ1) is 26.0. The quantitative estimate of drug-likeness (QED) is 0.278. The van der Waals surface area contributed by atoms with E-state index in [2.05, 4.69) is 31.2 Å². The van der Waals surface area contributed by atoms with Crippen molar-refractivity contribution in [1.29, 1.82) is 0 Å². The SMILES string of the molecule is COc1cncc2c1[C@]1(O)[C@@H](CNCc3ccncc3)[C@H](CO)[C@@H](c3ccccc3)[C@]1(c1ccc(Br)cc1)O2. The van der Waals surface area contributed by atoms with Gasteiger partial charge in [-0.25, -0.2) is 0 Å². The van der Waals surface area contributed by atoms with Crippen LogP contribution >= 0.6 is 15.9 Å². The molecule has 1 aliphatic heterocycles. The second-order valence-corrected chi connectivity index (χ2v) is 11.1. The lowest BCUT2D eigenvalue weighted by molar-refractivity contribution is -0.128. The van der Waals surface area contributed by atoms with Gasteiger partial charge in [-0.15, -0.1) is 0 Å². The Hall–Kier alpha value is -3.30. The second kappa shape index (κ2) is 10.4. The van der Waals surface area contributed by atoms with Gasteiger partial charge in [0.1, 0.15) is 17.1 Å². The summed E-state index contributed by atoms with van der Waals surface area (Å²) in [6, 6.07) is 21.8. The first-order chi connectivity index (χ1) is 19.0. The van der Waals surface area contributed by atoms with Crippen molar-refractivity contribution in [2.45, 2.75) is 23.7 Å². The molecular formula is C31H30BrN3O4. The predicted octanol–water partition coefficient (Wildman–Crippen LogP) is 4.54. The molecule has 39 heavy (non-hydrogen) atoms. The molecule has 0 spiro atoms. The number of ether oxygens (including phenoxy) is 2.